The van der Waals surface area contributed by atoms with E-state index >= 15 is 0 Å². The number of carbonyl (C=O) groups is 2. The molecular formula is C20H24N4O5S. The first-order valence-corrected chi connectivity index (χ1v) is 9.94. The smallest absolute Gasteiger partial charge is 0.268 e. The maximum absolute atomic E-state index is 12.9. The molecule has 0 aliphatic heterocycles. The van der Waals surface area contributed by atoms with Crippen LogP contribution in [-0.2, 0) is 11.8 Å². The van der Waals surface area contributed by atoms with Crippen molar-refractivity contribution in [3.63, 3.8) is 0 Å². The predicted octanol–water partition coefficient (Wildman–Crippen LogP) is 2.73. The summed E-state index contributed by atoms with van der Waals surface area (Å²) in [5.41, 5.74) is 1.04. The summed E-state index contributed by atoms with van der Waals surface area (Å²) in [6.45, 7) is 3.51. The summed E-state index contributed by atoms with van der Waals surface area (Å²) < 4.78 is 18.0. The second-order valence-electron chi connectivity index (χ2n) is 6.63. The quantitative estimate of drug-likeness (QED) is 0.595. The van der Waals surface area contributed by atoms with Gasteiger partial charge < -0.3 is 29.4 Å². The number of nitrogens with one attached hydrogen (secondary N) is 2. The zero-order valence-electron chi connectivity index (χ0n) is 17.7. The van der Waals surface area contributed by atoms with Gasteiger partial charge in [-0.2, -0.15) is 0 Å². The van der Waals surface area contributed by atoms with Crippen LogP contribution in [0.5, 0.6) is 17.2 Å². The zero-order chi connectivity index (χ0) is 22.0. The standard InChI is InChI=1S/C20H24N4O5S/c1-10-9-21-20(30-10)23-18(25)11(2)22-19(26)13-7-12-8-14(27-4)16(28-5)17(29-6)15(12)24(13)3/h7-9,11H,1-6H3,(H,22,26)(H,21,23,25). The summed E-state index contributed by atoms with van der Waals surface area (Å²) in [6, 6.07) is 2.73. The van der Waals surface area contributed by atoms with Crippen molar-refractivity contribution in [1.82, 2.24) is 14.9 Å². The minimum atomic E-state index is -0.759. The molecule has 3 aromatic rings. The Hall–Kier alpha value is -3.27. The monoisotopic (exact) mass is 432 g/mol. The number of nitrogens with zero attached hydrogens (tertiary/aromatic N) is 2. The van der Waals surface area contributed by atoms with Gasteiger partial charge in [0.05, 0.1) is 26.8 Å². The van der Waals surface area contributed by atoms with Gasteiger partial charge in [0.15, 0.2) is 16.6 Å². The first kappa shape index (κ1) is 21.4. The van der Waals surface area contributed by atoms with Gasteiger partial charge >= 0.3 is 0 Å². The number of hydrogen-bond acceptors (Lipinski definition) is 7. The maximum atomic E-state index is 12.9. The topological polar surface area (TPSA) is 104 Å². The molecule has 0 radical (unpaired) electrons. The fourth-order valence-corrected chi connectivity index (χ4v) is 3.83. The molecule has 1 unspecified atom stereocenters. The lowest BCUT2D eigenvalue weighted by Gasteiger charge is -2.15. The molecule has 2 amide bonds. The number of methoxy groups -OCH3 is 3. The van der Waals surface area contributed by atoms with E-state index in [0.717, 1.165) is 10.3 Å². The van der Waals surface area contributed by atoms with Crippen LogP contribution in [0.3, 0.4) is 0 Å². The SMILES string of the molecule is COc1cc2cc(C(=O)NC(C)C(=O)Nc3ncc(C)s3)n(C)c2c(OC)c1OC. The summed E-state index contributed by atoms with van der Waals surface area (Å²) in [5.74, 6) is 0.639. The van der Waals surface area contributed by atoms with Crippen LogP contribution in [0.1, 0.15) is 22.3 Å². The van der Waals surface area contributed by atoms with Gasteiger partial charge in [-0.15, -0.1) is 11.3 Å². The molecule has 30 heavy (non-hydrogen) atoms. The minimum Gasteiger partial charge on any atom is -0.493 e. The number of anilines is 1. The molecule has 160 valence electrons. The van der Waals surface area contributed by atoms with Crippen molar-refractivity contribution in [1.29, 1.82) is 0 Å². The van der Waals surface area contributed by atoms with E-state index in [2.05, 4.69) is 15.6 Å². The zero-order valence-corrected chi connectivity index (χ0v) is 18.5. The molecule has 2 aromatic heterocycles. The average molecular weight is 433 g/mol. The normalized spacial score (nSPS) is 11.8. The highest BCUT2D eigenvalue weighted by Gasteiger charge is 2.24. The molecule has 3 rings (SSSR count). The predicted molar refractivity (Wildman–Crippen MR) is 115 cm³/mol. The molecule has 1 atom stereocenters. The van der Waals surface area contributed by atoms with Crippen molar-refractivity contribution >= 4 is 39.2 Å². The molecule has 0 aliphatic rings. The molecule has 0 spiro atoms. The highest BCUT2D eigenvalue weighted by atomic mass is 32.1. The lowest BCUT2D eigenvalue weighted by Crippen LogP contribution is -2.42. The average Bonchev–Trinajstić information content (AvgIpc) is 3.28. The number of benzene rings is 1. The van der Waals surface area contributed by atoms with Crippen LogP contribution in [-0.4, -0.2) is 48.7 Å². The highest BCUT2D eigenvalue weighted by molar-refractivity contribution is 7.15. The molecule has 0 aliphatic carbocycles. The van der Waals surface area contributed by atoms with E-state index in [-0.39, 0.29) is 5.91 Å². The van der Waals surface area contributed by atoms with E-state index in [0.29, 0.717) is 33.6 Å². The summed E-state index contributed by atoms with van der Waals surface area (Å²) in [5, 5.41) is 6.66. The van der Waals surface area contributed by atoms with Gasteiger partial charge in [0, 0.05) is 23.5 Å². The summed E-state index contributed by atoms with van der Waals surface area (Å²) in [4.78, 5) is 30.4. The Morgan fingerprint density at radius 3 is 2.40 bits per heavy atom. The van der Waals surface area contributed by atoms with E-state index in [1.165, 1.54) is 32.7 Å². The number of fused-ring (bicyclic) bond motifs is 1. The van der Waals surface area contributed by atoms with Crippen molar-refractivity contribution in [3.8, 4) is 17.2 Å². The number of amides is 2. The second-order valence-corrected chi connectivity index (χ2v) is 7.87. The Morgan fingerprint density at radius 2 is 1.83 bits per heavy atom. The number of aromatic nitrogens is 2. The molecule has 0 saturated carbocycles. The van der Waals surface area contributed by atoms with Crippen molar-refractivity contribution in [2.45, 2.75) is 19.9 Å². The summed E-state index contributed by atoms with van der Waals surface area (Å²) in [7, 11) is 6.32. The van der Waals surface area contributed by atoms with E-state index in [1.54, 1.807) is 36.9 Å². The van der Waals surface area contributed by atoms with Crippen molar-refractivity contribution < 1.29 is 23.8 Å². The lowest BCUT2D eigenvalue weighted by atomic mass is 10.2. The van der Waals surface area contributed by atoms with Crippen molar-refractivity contribution in [2.75, 3.05) is 26.6 Å². The fraction of sp³-hybridized carbons (Fsp3) is 0.350. The number of aryl methyl sites for hydroxylation is 2. The van der Waals surface area contributed by atoms with Crippen molar-refractivity contribution in [2.24, 2.45) is 7.05 Å². The van der Waals surface area contributed by atoms with Crippen LogP contribution >= 0.6 is 11.3 Å². The fourth-order valence-electron chi connectivity index (χ4n) is 3.16. The van der Waals surface area contributed by atoms with Gasteiger partial charge in [-0.25, -0.2) is 4.98 Å². The van der Waals surface area contributed by atoms with Crippen LogP contribution < -0.4 is 24.8 Å². The molecule has 2 heterocycles. The largest absolute Gasteiger partial charge is 0.493 e. The van der Waals surface area contributed by atoms with Gasteiger partial charge in [0.2, 0.25) is 11.7 Å². The minimum absolute atomic E-state index is 0.350. The summed E-state index contributed by atoms with van der Waals surface area (Å²) in [6.07, 6.45) is 1.68. The molecule has 0 bridgehead atoms. The van der Waals surface area contributed by atoms with E-state index in [9.17, 15) is 9.59 Å². The van der Waals surface area contributed by atoms with Crippen LogP contribution in [0, 0.1) is 6.92 Å². The Labute approximate surface area is 177 Å². The highest BCUT2D eigenvalue weighted by Crippen LogP contribution is 2.44. The Morgan fingerprint density at radius 1 is 1.13 bits per heavy atom. The third-order valence-electron chi connectivity index (χ3n) is 4.65. The molecule has 1 aromatic carbocycles. The third-order valence-corrected chi connectivity index (χ3v) is 5.48. The molecule has 9 nitrogen and oxygen atoms in total. The van der Waals surface area contributed by atoms with E-state index in [1.807, 2.05) is 6.92 Å². The van der Waals surface area contributed by atoms with Crippen LogP contribution in [0.2, 0.25) is 0 Å². The van der Waals surface area contributed by atoms with E-state index in [4.69, 9.17) is 14.2 Å². The molecule has 0 fully saturated rings. The van der Waals surface area contributed by atoms with Gasteiger partial charge in [0.25, 0.3) is 5.91 Å². The first-order valence-electron chi connectivity index (χ1n) is 9.13. The molecule has 10 heteroatoms. The van der Waals surface area contributed by atoms with Gasteiger partial charge in [-0.3, -0.25) is 9.59 Å². The van der Waals surface area contributed by atoms with Gasteiger partial charge in [-0.1, -0.05) is 0 Å². The second kappa shape index (κ2) is 8.62. The van der Waals surface area contributed by atoms with Gasteiger partial charge in [-0.05, 0) is 26.0 Å². The number of ether oxygens (including phenoxy) is 3. The van der Waals surface area contributed by atoms with E-state index < -0.39 is 11.9 Å². The number of thiazole rings is 1. The first-order chi connectivity index (χ1) is 14.3. The van der Waals surface area contributed by atoms with Crippen molar-refractivity contribution in [3.05, 3.63) is 28.9 Å². The Bertz CT molecular complexity index is 1100. The molecular weight excluding hydrogens is 408 g/mol. The molecule has 2 N–H and O–H groups in total. The lowest BCUT2D eigenvalue weighted by molar-refractivity contribution is -0.117. The van der Waals surface area contributed by atoms with Crippen LogP contribution in [0.4, 0.5) is 5.13 Å². The Kier molecular flexibility index (Phi) is 6.16. The number of hydrogen-bond donors (Lipinski definition) is 2. The Balaban J connectivity index is 1.87. The van der Waals surface area contributed by atoms with Gasteiger partial charge in [0.1, 0.15) is 11.7 Å². The maximum Gasteiger partial charge on any atom is 0.268 e. The molecule has 0 saturated heterocycles. The van der Waals surface area contributed by atoms with Crippen LogP contribution in [0.15, 0.2) is 18.3 Å². The summed E-state index contributed by atoms with van der Waals surface area (Å²) >= 11 is 1.37. The number of rotatable bonds is 7. The van der Waals surface area contributed by atoms with Crippen LogP contribution in [0.25, 0.3) is 10.9 Å². The number of carbonyl (C=O) groups excluding carboxylic acids is 2. The third kappa shape index (κ3) is 3.90.